The van der Waals surface area contributed by atoms with Crippen LogP contribution in [0.2, 0.25) is 0 Å². The molecule has 3 rings (SSSR count). The molecule has 28 heavy (non-hydrogen) atoms. The van der Waals surface area contributed by atoms with Crippen LogP contribution in [0.4, 0.5) is 11.4 Å². The highest BCUT2D eigenvalue weighted by atomic mass is 16.1. The molecule has 1 heterocycles. The molecule has 5 nitrogen and oxygen atoms in total. The summed E-state index contributed by atoms with van der Waals surface area (Å²) in [5.41, 5.74) is 3.77. The van der Waals surface area contributed by atoms with E-state index in [9.17, 15) is 9.59 Å². The highest BCUT2D eigenvalue weighted by Gasteiger charge is 2.08. The number of hydrogen-bond acceptors (Lipinski definition) is 4. The molecule has 3 aromatic rings. The molecule has 0 aliphatic rings. The van der Waals surface area contributed by atoms with E-state index < -0.39 is 0 Å². The second-order valence-electron chi connectivity index (χ2n) is 6.54. The number of amides is 1. The number of rotatable bonds is 8. The molecular weight excluding hydrogens is 350 g/mol. The minimum Gasteiger partial charge on any atom is -0.355 e. The first-order valence-corrected chi connectivity index (χ1v) is 9.28. The fourth-order valence-corrected chi connectivity index (χ4v) is 2.84. The Morgan fingerprint density at radius 3 is 2.50 bits per heavy atom. The van der Waals surface area contributed by atoms with Crippen LogP contribution in [-0.4, -0.2) is 23.2 Å². The van der Waals surface area contributed by atoms with E-state index in [0.717, 1.165) is 24.2 Å². The summed E-state index contributed by atoms with van der Waals surface area (Å²) in [6.45, 7) is 2.12. The van der Waals surface area contributed by atoms with Crippen LogP contribution in [0.5, 0.6) is 0 Å². The fraction of sp³-hybridized carbons (Fsp3) is 0.174. The number of carbonyl (C=O) groups is 2. The Labute approximate surface area is 164 Å². The van der Waals surface area contributed by atoms with E-state index in [4.69, 9.17) is 0 Å². The fourth-order valence-electron chi connectivity index (χ4n) is 2.84. The molecule has 0 aliphatic heterocycles. The van der Waals surface area contributed by atoms with Crippen LogP contribution in [0.25, 0.3) is 0 Å². The van der Waals surface area contributed by atoms with Crippen molar-refractivity contribution in [2.24, 2.45) is 0 Å². The lowest BCUT2D eigenvalue weighted by Gasteiger charge is -2.09. The van der Waals surface area contributed by atoms with Crippen LogP contribution in [0, 0.1) is 0 Å². The normalized spacial score (nSPS) is 10.3. The van der Waals surface area contributed by atoms with Gasteiger partial charge in [-0.2, -0.15) is 0 Å². The molecule has 0 saturated heterocycles. The third-order valence-corrected chi connectivity index (χ3v) is 4.32. The minimum absolute atomic E-state index is 0.00829. The Morgan fingerprint density at radius 2 is 1.71 bits per heavy atom. The van der Waals surface area contributed by atoms with Crippen molar-refractivity contribution in [2.45, 2.75) is 19.8 Å². The number of hydrogen-bond donors (Lipinski definition) is 2. The summed E-state index contributed by atoms with van der Waals surface area (Å²) in [7, 11) is 0. The highest BCUT2D eigenvalue weighted by Crippen LogP contribution is 2.18. The number of aryl methyl sites for hydroxylation is 1. The first-order valence-electron chi connectivity index (χ1n) is 9.28. The number of nitrogens with one attached hydrogen (secondary N) is 2. The van der Waals surface area contributed by atoms with Crippen LogP contribution in [0.15, 0.2) is 72.9 Å². The number of anilines is 2. The van der Waals surface area contributed by atoms with Gasteiger partial charge in [-0.3, -0.25) is 14.6 Å². The second-order valence-corrected chi connectivity index (χ2v) is 6.54. The zero-order valence-corrected chi connectivity index (χ0v) is 15.8. The number of nitrogens with zero attached hydrogens (tertiary/aromatic N) is 1. The van der Waals surface area contributed by atoms with E-state index in [2.05, 4.69) is 27.8 Å². The number of aromatic nitrogens is 1. The van der Waals surface area contributed by atoms with Crippen molar-refractivity contribution in [1.82, 2.24) is 10.3 Å². The topological polar surface area (TPSA) is 71.1 Å². The highest BCUT2D eigenvalue weighted by molar-refractivity contribution is 5.95. The molecule has 2 aromatic carbocycles. The van der Waals surface area contributed by atoms with Crippen molar-refractivity contribution >= 4 is 23.1 Å². The van der Waals surface area contributed by atoms with Gasteiger partial charge in [0.2, 0.25) is 0 Å². The Morgan fingerprint density at radius 1 is 0.929 bits per heavy atom. The minimum atomic E-state index is -0.200. The molecule has 0 aliphatic carbocycles. The van der Waals surface area contributed by atoms with E-state index in [1.807, 2.05) is 30.3 Å². The summed E-state index contributed by atoms with van der Waals surface area (Å²) in [4.78, 5) is 28.0. The number of benzene rings is 2. The first kappa shape index (κ1) is 19.3. The Balaban J connectivity index is 1.55. The average Bonchev–Trinajstić information content (AvgIpc) is 2.72. The van der Waals surface area contributed by atoms with Gasteiger partial charge in [-0.15, -0.1) is 0 Å². The summed E-state index contributed by atoms with van der Waals surface area (Å²) < 4.78 is 0. The van der Waals surface area contributed by atoms with Gasteiger partial charge in [0.25, 0.3) is 5.91 Å². The molecule has 5 heteroatoms. The van der Waals surface area contributed by atoms with Crippen molar-refractivity contribution in [2.75, 3.05) is 11.9 Å². The van der Waals surface area contributed by atoms with Crippen LogP contribution in [0.1, 0.15) is 39.8 Å². The predicted molar refractivity (Wildman–Crippen MR) is 111 cm³/mol. The van der Waals surface area contributed by atoms with E-state index >= 15 is 0 Å². The van der Waals surface area contributed by atoms with E-state index in [0.29, 0.717) is 17.8 Å². The van der Waals surface area contributed by atoms with Crippen LogP contribution < -0.4 is 10.6 Å². The standard InChI is InChI=1S/C23H23N3O2/c1-17(27)19-10-5-11-20(15-19)26-21-12-14-24-22(16-21)23(28)25-13-6-9-18-7-3-2-4-8-18/h2-5,7-8,10-12,14-16H,6,9,13H2,1H3,(H,24,26)(H,25,28). The molecule has 0 saturated carbocycles. The van der Waals surface area contributed by atoms with Crippen molar-refractivity contribution in [3.63, 3.8) is 0 Å². The maximum absolute atomic E-state index is 12.4. The molecule has 0 bridgehead atoms. The van der Waals surface area contributed by atoms with Gasteiger partial charge in [-0.25, -0.2) is 0 Å². The third-order valence-electron chi connectivity index (χ3n) is 4.32. The molecule has 0 radical (unpaired) electrons. The monoisotopic (exact) mass is 373 g/mol. The largest absolute Gasteiger partial charge is 0.355 e. The van der Waals surface area contributed by atoms with E-state index in [-0.39, 0.29) is 11.7 Å². The Kier molecular flexibility index (Phi) is 6.52. The molecule has 0 spiro atoms. The van der Waals surface area contributed by atoms with Crippen molar-refractivity contribution in [1.29, 1.82) is 0 Å². The van der Waals surface area contributed by atoms with Crippen LogP contribution in [-0.2, 0) is 6.42 Å². The molecule has 142 valence electrons. The molecule has 0 unspecified atom stereocenters. The lowest BCUT2D eigenvalue weighted by Crippen LogP contribution is -2.25. The first-order chi connectivity index (χ1) is 13.6. The molecule has 0 fully saturated rings. The molecule has 1 aromatic heterocycles. The van der Waals surface area contributed by atoms with Crippen molar-refractivity contribution in [3.05, 3.63) is 89.7 Å². The quantitative estimate of drug-likeness (QED) is 0.454. The van der Waals surface area contributed by atoms with Gasteiger partial charge in [-0.05, 0) is 49.6 Å². The van der Waals surface area contributed by atoms with Crippen LogP contribution >= 0.6 is 0 Å². The van der Waals surface area contributed by atoms with E-state index in [1.54, 1.807) is 30.5 Å². The maximum atomic E-state index is 12.4. The smallest absolute Gasteiger partial charge is 0.269 e. The van der Waals surface area contributed by atoms with Gasteiger partial charge < -0.3 is 10.6 Å². The zero-order chi connectivity index (χ0) is 19.8. The van der Waals surface area contributed by atoms with Crippen molar-refractivity contribution < 1.29 is 9.59 Å². The lowest BCUT2D eigenvalue weighted by molar-refractivity contribution is 0.0947. The van der Waals surface area contributed by atoms with Gasteiger partial charge in [0.1, 0.15) is 5.69 Å². The molecule has 2 N–H and O–H groups in total. The average molecular weight is 373 g/mol. The SMILES string of the molecule is CC(=O)c1cccc(Nc2ccnc(C(=O)NCCCc3ccccc3)c2)c1. The number of Topliss-reactive ketones (excluding diaryl/α,β-unsaturated/α-hetero) is 1. The maximum Gasteiger partial charge on any atom is 0.269 e. The summed E-state index contributed by atoms with van der Waals surface area (Å²) in [5.74, 6) is -0.192. The third kappa shape index (κ3) is 5.51. The summed E-state index contributed by atoms with van der Waals surface area (Å²) in [5, 5.41) is 6.12. The number of pyridine rings is 1. The van der Waals surface area contributed by atoms with Gasteiger partial charge in [0, 0.05) is 29.7 Å². The van der Waals surface area contributed by atoms with Gasteiger partial charge >= 0.3 is 0 Å². The Bertz CT molecular complexity index is 955. The lowest BCUT2D eigenvalue weighted by atomic mass is 10.1. The van der Waals surface area contributed by atoms with E-state index in [1.165, 1.54) is 12.5 Å². The summed E-state index contributed by atoms with van der Waals surface area (Å²) >= 11 is 0. The van der Waals surface area contributed by atoms with Gasteiger partial charge in [-0.1, -0.05) is 42.5 Å². The second kappa shape index (κ2) is 9.46. The van der Waals surface area contributed by atoms with Gasteiger partial charge in [0.05, 0.1) is 0 Å². The summed E-state index contributed by atoms with van der Waals surface area (Å²) in [6.07, 6.45) is 3.38. The molecule has 0 atom stereocenters. The Hall–Kier alpha value is -3.47. The van der Waals surface area contributed by atoms with Gasteiger partial charge in [0.15, 0.2) is 5.78 Å². The van der Waals surface area contributed by atoms with Crippen molar-refractivity contribution in [3.8, 4) is 0 Å². The number of carbonyl (C=O) groups excluding carboxylic acids is 2. The number of ketones is 1. The molecule has 1 amide bonds. The zero-order valence-electron chi connectivity index (χ0n) is 15.8. The van der Waals surface area contributed by atoms with Crippen LogP contribution in [0.3, 0.4) is 0 Å². The predicted octanol–water partition coefficient (Wildman–Crippen LogP) is 4.39. The summed E-state index contributed by atoms with van der Waals surface area (Å²) in [6, 6.07) is 20.9. The molecular formula is C23H23N3O2.